The van der Waals surface area contributed by atoms with Gasteiger partial charge in [0.1, 0.15) is 5.78 Å². The van der Waals surface area contributed by atoms with Crippen LogP contribution >= 0.6 is 22.6 Å². The molecule has 2 aliphatic heterocycles. The standard InChI is InChI=1S/C8H10INO2/c9-8(12)7-4-1-2-5(10-7)6(11)3-4/h4-5,7,10H,1-3H2/t4-,5+,7+/m1/s1. The third kappa shape index (κ3) is 1.31. The highest BCUT2D eigenvalue weighted by molar-refractivity contribution is 14.1. The monoisotopic (exact) mass is 279 g/mol. The molecule has 3 nitrogen and oxygen atoms in total. The van der Waals surface area contributed by atoms with Crippen molar-refractivity contribution in [2.45, 2.75) is 31.3 Å². The number of carbonyl (C=O) groups is 2. The third-order valence-corrected chi connectivity index (χ3v) is 3.45. The van der Waals surface area contributed by atoms with Gasteiger partial charge in [-0.25, -0.2) is 0 Å². The van der Waals surface area contributed by atoms with Gasteiger partial charge in [-0.15, -0.1) is 0 Å². The summed E-state index contributed by atoms with van der Waals surface area (Å²) in [6, 6.07) is -0.0826. The Balaban J connectivity index is 2.15. The molecule has 0 spiro atoms. The molecule has 3 atom stereocenters. The van der Waals surface area contributed by atoms with Crippen molar-refractivity contribution in [3.63, 3.8) is 0 Å². The molecule has 0 amide bonds. The maximum atomic E-state index is 11.2. The van der Waals surface area contributed by atoms with Crippen LogP contribution in [0.1, 0.15) is 19.3 Å². The number of Topliss-reactive ketones (excluding diaryl/α,β-unsaturated/α-hetero) is 1. The molecule has 0 radical (unpaired) electrons. The minimum atomic E-state index is -0.0537. The van der Waals surface area contributed by atoms with Crippen LogP contribution < -0.4 is 5.32 Å². The van der Waals surface area contributed by atoms with Crippen molar-refractivity contribution in [3.05, 3.63) is 0 Å². The van der Waals surface area contributed by atoms with Crippen LogP contribution in [0, 0.1) is 5.92 Å². The first-order valence-electron chi connectivity index (χ1n) is 4.16. The number of halogens is 1. The molecule has 0 aromatic heterocycles. The molecule has 2 saturated heterocycles. The second-order valence-corrected chi connectivity index (χ2v) is 4.57. The van der Waals surface area contributed by atoms with Crippen LogP contribution in [0.3, 0.4) is 0 Å². The van der Waals surface area contributed by atoms with Crippen LogP contribution in [0.15, 0.2) is 0 Å². The molecule has 12 heavy (non-hydrogen) atoms. The van der Waals surface area contributed by atoms with E-state index in [1.807, 2.05) is 22.6 Å². The first kappa shape index (κ1) is 8.62. The van der Waals surface area contributed by atoms with Crippen LogP contribution in [0.4, 0.5) is 0 Å². The number of fused-ring (bicyclic) bond motifs is 3. The van der Waals surface area contributed by atoms with E-state index in [-0.39, 0.29) is 21.8 Å². The normalized spacial score (nSPS) is 40.1. The summed E-state index contributed by atoms with van der Waals surface area (Å²) in [5.41, 5.74) is 0. The number of ketones is 1. The molecule has 4 heteroatoms. The van der Waals surface area contributed by atoms with Gasteiger partial charge in [-0.1, -0.05) is 0 Å². The van der Waals surface area contributed by atoms with Crippen LogP contribution in [0.5, 0.6) is 0 Å². The molecule has 3 rings (SSSR count). The maximum Gasteiger partial charge on any atom is 0.209 e. The lowest BCUT2D eigenvalue weighted by molar-refractivity contribution is -0.129. The minimum absolute atomic E-state index is 0.0290. The van der Waals surface area contributed by atoms with E-state index in [1.54, 1.807) is 0 Å². The Bertz CT molecular complexity index is 241. The third-order valence-electron chi connectivity index (χ3n) is 2.77. The van der Waals surface area contributed by atoms with Crippen molar-refractivity contribution in [1.29, 1.82) is 0 Å². The summed E-state index contributed by atoms with van der Waals surface area (Å²) in [4.78, 5) is 22.4. The smallest absolute Gasteiger partial charge is 0.209 e. The molecule has 1 aliphatic carbocycles. The fraction of sp³-hybridized carbons (Fsp3) is 0.750. The average Bonchev–Trinajstić information content (AvgIpc) is 2.04. The molecule has 1 saturated carbocycles. The molecule has 0 aromatic rings. The second kappa shape index (κ2) is 3.06. The van der Waals surface area contributed by atoms with Gasteiger partial charge in [0.25, 0.3) is 0 Å². The van der Waals surface area contributed by atoms with Crippen molar-refractivity contribution in [2.24, 2.45) is 5.92 Å². The SMILES string of the molecule is O=C1C[C@H]2CC[C@@H]1N[C@@H]2C(=O)I. The number of hydrogen-bond donors (Lipinski definition) is 1. The number of carbonyl (C=O) groups excluding carboxylic acids is 2. The van der Waals surface area contributed by atoms with Gasteiger partial charge in [-0.2, -0.15) is 0 Å². The minimum Gasteiger partial charge on any atom is -0.298 e. The number of nitrogens with one attached hydrogen (secondary N) is 1. The zero-order valence-electron chi connectivity index (χ0n) is 6.55. The predicted molar refractivity (Wildman–Crippen MR) is 52.1 cm³/mol. The molecular formula is C8H10INO2. The summed E-state index contributed by atoms with van der Waals surface area (Å²) in [6.45, 7) is 0. The van der Waals surface area contributed by atoms with E-state index in [0.29, 0.717) is 12.2 Å². The highest BCUT2D eigenvalue weighted by atomic mass is 127. The molecule has 2 heterocycles. The summed E-state index contributed by atoms with van der Waals surface area (Å²) < 4.78 is 0.148. The van der Waals surface area contributed by atoms with Gasteiger partial charge in [-0.05, 0) is 18.8 Å². The lowest BCUT2D eigenvalue weighted by Crippen LogP contribution is -2.59. The maximum absolute atomic E-state index is 11.2. The van der Waals surface area contributed by atoms with Crippen LogP contribution in [0.25, 0.3) is 0 Å². The van der Waals surface area contributed by atoms with E-state index in [4.69, 9.17) is 0 Å². The predicted octanol–water partition coefficient (Wildman–Crippen LogP) is 0.658. The van der Waals surface area contributed by atoms with Gasteiger partial charge in [0.2, 0.25) is 3.79 Å². The Kier molecular flexibility index (Phi) is 2.20. The summed E-state index contributed by atoms with van der Waals surface area (Å²) in [6.07, 6.45) is 2.56. The Hall–Kier alpha value is 0.0300. The molecule has 3 aliphatic rings. The van der Waals surface area contributed by atoms with Gasteiger partial charge in [0.05, 0.1) is 12.1 Å². The average molecular weight is 279 g/mol. The lowest BCUT2D eigenvalue weighted by atomic mass is 9.76. The highest BCUT2D eigenvalue weighted by Gasteiger charge is 2.42. The van der Waals surface area contributed by atoms with Crippen molar-refractivity contribution in [1.82, 2.24) is 5.32 Å². The Morgan fingerprint density at radius 2 is 2.25 bits per heavy atom. The first-order chi connectivity index (χ1) is 5.68. The van der Waals surface area contributed by atoms with E-state index in [2.05, 4.69) is 5.32 Å². The van der Waals surface area contributed by atoms with Crippen molar-refractivity contribution in [2.75, 3.05) is 0 Å². The summed E-state index contributed by atoms with van der Waals surface area (Å²) in [7, 11) is 0. The highest BCUT2D eigenvalue weighted by Crippen LogP contribution is 2.31. The first-order valence-corrected chi connectivity index (χ1v) is 5.24. The molecule has 0 aromatic carbocycles. The van der Waals surface area contributed by atoms with E-state index in [9.17, 15) is 9.59 Å². The van der Waals surface area contributed by atoms with Gasteiger partial charge in [-0.3, -0.25) is 14.9 Å². The fourth-order valence-corrected chi connectivity index (χ4v) is 2.80. The Morgan fingerprint density at radius 3 is 2.67 bits per heavy atom. The molecule has 2 bridgehead atoms. The molecule has 1 N–H and O–H groups in total. The quantitative estimate of drug-likeness (QED) is 0.566. The molecule has 66 valence electrons. The van der Waals surface area contributed by atoms with Crippen LogP contribution in [0.2, 0.25) is 0 Å². The zero-order chi connectivity index (χ0) is 8.72. The van der Waals surface area contributed by atoms with Gasteiger partial charge in [0, 0.05) is 29.0 Å². The van der Waals surface area contributed by atoms with Gasteiger partial charge in [0.15, 0.2) is 0 Å². The van der Waals surface area contributed by atoms with Gasteiger partial charge >= 0.3 is 0 Å². The lowest BCUT2D eigenvalue weighted by Gasteiger charge is -2.40. The largest absolute Gasteiger partial charge is 0.298 e. The van der Waals surface area contributed by atoms with Crippen molar-refractivity contribution in [3.8, 4) is 0 Å². The molecule has 3 fully saturated rings. The Morgan fingerprint density at radius 1 is 1.50 bits per heavy atom. The van der Waals surface area contributed by atoms with Crippen LogP contribution in [-0.2, 0) is 9.59 Å². The molecule has 0 unspecified atom stereocenters. The Labute approximate surface area is 84.4 Å². The number of piperidine rings is 2. The number of hydrogen-bond acceptors (Lipinski definition) is 3. The van der Waals surface area contributed by atoms with Crippen LogP contribution in [-0.4, -0.2) is 21.7 Å². The van der Waals surface area contributed by atoms with Gasteiger partial charge < -0.3 is 0 Å². The second-order valence-electron chi connectivity index (χ2n) is 3.51. The van der Waals surface area contributed by atoms with E-state index >= 15 is 0 Å². The van der Waals surface area contributed by atoms with Crippen molar-refractivity contribution >= 4 is 32.2 Å². The zero-order valence-corrected chi connectivity index (χ0v) is 8.71. The molecular weight excluding hydrogens is 269 g/mol. The van der Waals surface area contributed by atoms with E-state index < -0.39 is 0 Å². The van der Waals surface area contributed by atoms with E-state index in [1.165, 1.54) is 0 Å². The number of rotatable bonds is 1. The summed E-state index contributed by atoms with van der Waals surface area (Å²) >= 11 is 1.82. The van der Waals surface area contributed by atoms with E-state index in [0.717, 1.165) is 12.8 Å². The fourth-order valence-electron chi connectivity index (χ4n) is 2.11. The van der Waals surface area contributed by atoms with Crippen molar-refractivity contribution < 1.29 is 9.59 Å². The summed E-state index contributed by atoms with van der Waals surface area (Å²) in [5, 5.41) is 3.10. The topological polar surface area (TPSA) is 46.2 Å². The summed E-state index contributed by atoms with van der Waals surface area (Å²) in [5.74, 6) is 0.562.